The van der Waals surface area contributed by atoms with Crippen LogP contribution in [0.2, 0.25) is 0 Å². The van der Waals surface area contributed by atoms with E-state index >= 15 is 0 Å². The van der Waals surface area contributed by atoms with E-state index in [4.69, 9.17) is 5.73 Å². The maximum Gasteiger partial charge on any atom is 0.0900 e. The lowest BCUT2D eigenvalue weighted by Gasteiger charge is -2.36. The van der Waals surface area contributed by atoms with Gasteiger partial charge in [-0.25, -0.2) is 0 Å². The van der Waals surface area contributed by atoms with Crippen LogP contribution in [0.15, 0.2) is 0 Å². The van der Waals surface area contributed by atoms with E-state index < -0.39 is 11.2 Å². The summed E-state index contributed by atoms with van der Waals surface area (Å²) in [4.78, 5) is 0. The standard InChI is InChI=1S/C11H25NO2/c1-9(2,12)7-6-8-11(5,14)10(3,4)13/h13-14H,6-8,12H2,1-5H3. The first-order valence-corrected chi connectivity index (χ1v) is 5.19. The summed E-state index contributed by atoms with van der Waals surface area (Å²) in [5.41, 5.74) is 3.52. The van der Waals surface area contributed by atoms with Crippen molar-refractivity contribution in [1.82, 2.24) is 0 Å². The molecule has 14 heavy (non-hydrogen) atoms. The van der Waals surface area contributed by atoms with E-state index in [1.54, 1.807) is 20.8 Å². The number of nitrogens with two attached hydrogens (primary N) is 1. The molecule has 0 aliphatic carbocycles. The minimum Gasteiger partial charge on any atom is -0.387 e. The van der Waals surface area contributed by atoms with Crippen LogP contribution in [0, 0.1) is 0 Å². The van der Waals surface area contributed by atoms with E-state index in [1.807, 2.05) is 13.8 Å². The summed E-state index contributed by atoms with van der Waals surface area (Å²) in [5, 5.41) is 19.7. The van der Waals surface area contributed by atoms with Gasteiger partial charge in [0, 0.05) is 5.54 Å². The van der Waals surface area contributed by atoms with Crippen LogP contribution in [-0.4, -0.2) is 27.0 Å². The zero-order chi connectivity index (χ0) is 11.6. The summed E-state index contributed by atoms with van der Waals surface area (Å²) in [6.45, 7) is 8.84. The molecule has 0 bridgehead atoms. The molecule has 1 atom stereocenters. The molecule has 0 saturated heterocycles. The zero-order valence-electron chi connectivity index (χ0n) is 10.1. The Labute approximate surface area is 87.3 Å². The quantitative estimate of drug-likeness (QED) is 0.633. The van der Waals surface area contributed by atoms with Crippen molar-refractivity contribution in [3.05, 3.63) is 0 Å². The highest BCUT2D eigenvalue weighted by molar-refractivity contribution is 4.90. The van der Waals surface area contributed by atoms with Crippen LogP contribution in [-0.2, 0) is 0 Å². The lowest BCUT2D eigenvalue weighted by molar-refractivity contribution is -0.124. The molecule has 0 fully saturated rings. The molecular formula is C11H25NO2. The third kappa shape index (κ3) is 4.94. The highest BCUT2D eigenvalue weighted by atomic mass is 16.3. The van der Waals surface area contributed by atoms with Crippen molar-refractivity contribution in [2.24, 2.45) is 5.73 Å². The molecule has 0 saturated carbocycles. The number of hydrogen-bond acceptors (Lipinski definition) is 3. The van der Waals surface area contributed by atoms with Crippen molar-refractivity contribution >= 4 is 0 Å². The molecule has 0 spiro atoms. The number of hydrogen-bond donors (Lipinski definition) is 3. The number of aliphatic hydroxyl groups is 2. The first-order valence-electron chi connectivity index (χ1n) is 5.19. The molecule has 3 heteroatoms. The Bertz CT molecular complexity index is 175. The Balaban J connectivity index is 4.02. The van der Waals surface area contributed by atoms with E-state index in [1.165, 1.54) is 0 Å². The van der Waals surface area contributed by atoms with E-state index in [9.17, 15) is 10.2 Å². The van der Waals surface area contributed by atoms with E-state index in [-0.39, 0.29) is 5.54 Å². The van der Waals surface area contributed by atoms with Gasteiger partial charge in [0.25, 0.3) is 0 Å². The Morgan fingerprint density at radius 3 is 1.64 bits per heavy atom. The van der Waals surface area contributed by atoms with Gasteiger partial charge in [-0.3, -0.25) is 0 Å². The van der Waals surface area contributed by atoms with Gasteiger partial charge < -0.3 is 15.9 Å². The van der Waals surface area contributed by atoms with Crippen molar-refractivity contribution in [2.45, 2.75) is 70.6 Å². The largest absolute Gasteiger partial charge is 0.387 e. The summed E-state index contributed by atoms with van der Waals surface area (Å²) in [6, 6.07) is 0. The van der Waals surface area contributed by atoms with Crippen molar-refractivity contribution in [3.63, 3.8) is 0 Å². The zero-order valence-corrected chi connectivity index (χ0v) is 10.1. The van der Waals surface area contributed by atoms with Gasteiger partial charge in [0.1, 0.15) is 0 Å². The average Bonchev–Trinajstić information content (AvgIpc) is 1.80. The van der Waals surface area contributed by atoms with Gasteiger partial charge >= 0.3 is 0 Å². The van der Waals surface area contributed by atoms with Crippen molar-refractivity contribution < 1.29 is 10.2 Å². The molecule has 0 aliphatic heterocycles. The summed E-state index contributed by atoms with van der Waals surface area (Å²) in [5.74, 6) is 0. The Morgan fingerprint density at radius 1 is 0.929 bits per heavy atom. The van der Waals surface area contributed by atoms with Gasteiger partial charge in [-0.15, -0.1) is 0 Å². The molecule has 0 amide bonds. The molecule has 0 aromatic rings. The molecule has 0 aliphatic rings. The van der Waals surface area contributed by atoms with Crippen molar-refractivity contribution in [1.29, 1.82) is 0 Å². The van der Waals surface area contributed by atoms with Gasteiger partial charge in [-0.2, -0.15) is 0 Å². The predicted octanol–water partition coefficient (Wildman–Crippen LogP) is 1.42. The number of rotatable bonds is 5. The second-order valence-corrected chi connectivity index (χ2v) is 5.68. The first kappa shape index (κ1) is 13.9. The molecule has 1 unspecified atom stereocenters. The second-order valence-electron chi connectivity index (χ2n) is 5.68. The van der Waals surface area contributed by atoms with E-state index in [0.717, 1.165) is 12.8 Å². The Morgan fingerprint density at radius 2 is 1.36 bits per heavy atom. The second kappa shape index (κ2) is 4.17. The lowest BCUT2D eigenvalue weighted by atomic mass is 9.82. The molecule has 86 valence electrons. The highest BCUT2D eigenvalue weighted by Gasteiger charge is 2.36. The normalized spacial score (nSPS) is 18.0. The van der Waals surface area contributed by atoms with Gasteiger partial charge in [0.2, 0.25) is 0 Å². The van der Waals surface area contributed by atoms with Gasteiger partial charge in [0.05, 0.1) is 11.2 Å². The molecule has 0 aromatic carbocycles. The van der Waals surface area contributed by atoms with Crippen LogP contribution in [0.5, 0.6) is 0 Å². The van der Waals surface area contributed by atoms with Crippen LogP contribution in [0.3, 0.4) is 0 Å². The molecule has 3 nitrogen and oxygen atoms in total. The maximum absolute atomic E-state index is 9.96. The topological polar surface area (TPSA) is 66.5 Å². The molecule has 0 aromatic heterocycles. The van der Waals surface area contributed by atoms with Crippen molar-refractivity contribution in [2.75, 3.05) is 0 Å². The molecule has 0 radical (unpaired) electrons. The summed E-state index contributed by atoms with van der Waals surface area (Å²) >= 11 is 0. The minimum atomic E-state index is -1.06. The monoisotopic (exact) mass is 203 g/mol. The van der Waals surface area contributed by atoms with Gasteiger partial charge in [-0.05, 0) is 53.9 Å². The highest BCUT2D eigenvalue weighted by Crippen LogP contribution is 2.27. The van der Waals surface area contributed by atoms with E-state index in [2.05, 4.69) is 0 Å². The maximum atomic E-state index is 9.96. The third-order valence-corrected chi connectivity index (χ3v) is 2.80. The van der Waals surface area contributed by atoms with Gasteiger partial charge in [-0.1, -0.05) is 0 Å². The molecule has 0 rings (SSSR count). The first-order chi connectivity index (χ1) is 5.96. The van der Waals surface area contributed by atoms with Crippen LogP contribution in [0.4, 0.5) is 0 Å². The fourth-order valence-electron chi connectivity index (χ4n) is 1.19. The summed E-state index contributed by atoms with van der Waals surface area (Å²) in [6.07, 6.45) is 2.23. The average molecular weight is 203 g/mol. The van der Waals surface area contributed by atoms with Crippen LogP contribution in [0.1, 0.15) is 53.9 Å². The van der Waals surface area contributed by atoms with Gasteiger partial charge in [0.15, 0.2) is 0 Å². The summed E-state index contributed by atoms with van der Waals surface area (Å²) < 4.78 is 0. The molecule has 4 N–H and O–H groups in total. The fraction of sp³-hybridized carbons (Fsp3) is 1.00. The van der Waals surface area contributed by atoms with Crippen molar-refractivity contribution in [3.8, 4) is 0 Å². The predicted molar refractivity (Wildman–Crippen MR) is 59.0 cm³/mol. The molecular weight excluding hydrogens is 178 g/mol. The van der Waals surface area contributed by atoms with Crippen LogP contribution in [0.25, 0.3) is 0 Å². The molecule has 0 heterocycles. The third-order valence-electron chi connectivity index (χ3n) is 2.80. The van der Waals surface area contributed by atoms with E-state index in [0.29, 0.717) is 6.42 Å². The fourth-order valence-corrected chi connectivity index (χ4v) is 1.19. The minimum absolute atomic E-state index is 0.199. The van der Waals surface area contributed by atoms with Crippen LogP contribution < -0.4 is 5.73 Å². The summed E-state index contributed by atoms with van der Waals surface area (Å²) in [7, 11) is 0. The lowest BCUT2D eigenvalue weighted by Crippen LogP contribution is -2.47. The SMILES string of the molecule is CC(C)(N)CCCC(C)(O)C(C)(C)O. The Hall–Kier alpha value is -0.120. The van der Waals surface area contributed by atoms with Crippen LogP contribution >= 0.6 is 0 Å². The smallest absolute Gasteiger partial charge is 0.0900 e. The Kier molecular flexibility index (Phi) is 4.13.